The van der Waals surface area contributed by atoms with Gasteiger partial charge in [0.15, 0.2) is 0 Å². The van der Waals surface area contributed by atoms with E-state index in [0.29, 0.717) is 18.4 Å². The smallest absolute Gasteiger partial charge is 0.408 e. The Kier molecular flexibility index (Phi) is 11.3. The largest absolute Gasteiger partial charge is 0.508 e. The molecule has 1 aromatic carbocycles. The first-order chi connectivity index (χ1) is 17.3. The molecule has 3 atom stereocenters. The van der Waals surface area contributed by atoms with Gasteiger partial charge in [0.25, 0.3) is 0 Å². The van der Waals surface area contributed by atoms with E-state index < -0.39 is 23.8 Å². The van der Waals surface area contributed by atoms with Crippen LogP contribution in [-0.2, 0) is 14.3 Å². The van der Waals surface area contributed by atoms with E-state index in [4.69, 9.17) is 4.74 Å². The standard InChI is InChI=1S/C29H47N3O5/c1-8-20(4)32(27(35)24(18-19(2)3)31-28(36)37-29(5,6)7)25(21-14-16-23(33)17-15-21)26(34)30-22-12-10-9-11-13-22/h14-17,19-20,22,24-25,33H,8-13,18H2,1-7H3,(H,30,34)(H,31,36). The molecule has 3 unspecified atom stereocenters. The maximum Gasteiger partial charge on any atom is 0.408 e. The Labute approximate surface area is 222 Å². The highest BCUT2D eigenvalue weighted by Crippen LogP contribution is 2.29. The van der Waals surface area contributed by atoms with Crippen LogP contribution in [0.15, 0.2) is 24.3 Å². The third kappa shape index (κ3) is 9.56. The summed E-state index contributed by atoms with van der Waals surface area (Å²) in [6, 6.07) is 4.45. The number of alkyl carbamates (subject to hydrolysis) is 1. The number of amides is 3. The van der Waals surface area contributed by atoms with Gasteiger partial charge in [-0.25, -0.2) is 4.79 Å². The van der Waals surface area contributed by atoms with Crippen molar-refractivity contribution < 1.29 is 24.2 Å². The molecule has 0 aromatic heterocycles. The van der Waals surface area contributed by atoms with Crippen molar-refractivity contribution in [2.24, 2.45) is 5.92 Å². The summed E-state index contributed by atoms with van der Waals surface area (Å²) < 4.78 is 5.44. The van der Waals surface area contributed by atoms with Crippen molar-refractivity contribution >= 4 is 17.9 Å². The number of benzene rings is 1. The molecular formula is C29H47N3O5. The average molecular weight is 518 g/mol. The van der Waals surface area contributed by atoms with Crippen LogP contribution < -0.4 is 10.6 Å². The van der Waals surface area contributed by atoms with Crippen molar-refractivity contribution in [1.82, 2.24) is 15.5 Å². The molecule has 2 rings (SSSR count). The summed E-state index contributed by atoms with van der Waals surface area (Å²) in [5.41, 5.74) is -0.0966. The van der Waals surface area contributed by atoms with Crippen molar-refractivity contribution in [1.29, 1.82) is 0 Å². The lowest BCUT2D eigenvalue weighted by molar-refractivity contribution is -0.145. The number of carbonyl (C=O) groups excluding carboxylic acids is 3. The summed E-state index contributed by atoms with van der Waals surface area (Å²) in [6.07, 6.45) is 5.50. The van der Waals surface area contributed by atoms with Crippen LogP contribution >= 0.6 is 0 Å². The predicted molar refractivity (Wildman–Crippen MR) is 145 cm³/mol. The molecule has 3 N–H and O–H groups in total. The third-order valence-corrected chi connectivity index (χ3v) is 6.70. The second-order valence-corrected chi connectivity index (χ2v) is 11.7. The maximum absolute atomic E-state index is 14.2. The van der Waals surface area contributed by atoms with Gasteiger partial charge in [-0.1, -0.05) is 52.2 Å². The van der Waals surface area contributed by atoms with Crippen LogP contribution in [0.1, 0.15) is 105 Å². The lowest BCUT2D eigenvalue weighted by Gasteiger charge is -2.39. The minimum Gasteiger partial charge on any atom is -0.508 e. The number of phenols is 1. The number of aromatic hydroxyl groups is 1. The number of nitrogens with one attached hydrogen (secondary N) is 2. The fourth-order valence-corrected chi connectivity index (χ4v) is 4.74. The molecule has 1 aliphatic carbocycles. The van der Waals surface area contributed by atoms with E-state index in [1.165, 1.54) is 18.6 Å². The minimum atomic E-state index is -0.903. The molecule has 208 valence electrons. The third-order valence-electron chi connectivity index (χ3n) is 6.70. The molecule has 1 fully saturated rings. The number of carbonyl (C=O) groups is 3. The number of hydrogen-bond donors (Lipinski definition) is 3. The quantitative estimate of drug-likeness (QED) is 0.383. The van der Waals surface area contributed by atoms with Crippen LogP contribution in [0.25, 0.3) is 0 Å². The van der Waals surface area contributed by atoms with Gasteiger partial charge in [0.05, 0.1) is 0 Å². The van der Waals surface area contributed by atoms with Crippen LogP contribution in [0.4, 0.5) is 4.79 Å². The van der Waals surface area contributed by atoms with Crippen LogP contribution in [0.3, 0.4) is 0 Å². The van der Waals surface area contributed by atoms with Crippen molar-refractivity contribution in [3.63, 3.8) is 0 Å². The lowest BCUT2D eigenvalue weighted by Crippen LogP contribution is -2.56. The van der Waals surface area contributed by atoms with E-state index in [-0.39, 0.29) is 35.6 Å². The second-order valence-electron chi connectivity index (χ2n) is 11.7. The topological polar surface area (TPSA) is 108 Å². The summed E-state index contributed by atoms with van der Waals surface area (Å²) in [5.74, 6) is -0.371. The molecule has 8 nitrogen and oxygen atoms in total. The number of phenolic OH excluding ortho intramolecular Hbond substituents is 1. The zero-order valence-electron chi connectivity index (χ0n) is 23.7. The molecular weight excluding hydrogens is 470 g/mol. The summed E-state index contributed by atoms with van der Waals surface area (Å²) in [6.45, 7) is 13.2. The van der Waals surface area contributed by atoms with Crippen LogP contribution in [0.5, 0.6) is 5.75 Å². The average Bonchev–Trinajstić information content (AvgIpc) is 2.81. The van der Waals surface area contributed by atoms with E-state index in [9.17, 15) is 19.5 Å². The van der Waals surface area contributed by atoms with Crippen LogP contribution in [0.2, 0.25) is 0 Å². The first kappa shape index (κ1) is 30.5. The highest BCUT2D eigenvalue weighted by Gasteiger charge is 2.39. The number of rotatable bonds is 10. The Balaban J connectivity index is 2.47. The molecule has 0 saturated heterocycles. The highest BCUT2D eigenvalue weighted by molar-refractivity contribution is 5.92. The van der Waals surface area contributed by atoms with Gasteiger partial charge in [0.2, 0.25) is 11.8 Å². The number of hydrogen-bond acceptors (Lipinski definition) is 5. The van der Waals surface area contributed by atoms with Gasteiger partial charge < -0.3 is 25.4 Å². The van der Waals surface area contributed by atoms with E-state index in [0.717, 1.165) is 25.7 Å². The van der Waals surface area contributed by atoms with Crippen molar-refractivity contribution in [3.05, 3.63) is 29.8 Å². The molecule has 3 amide bonds. The van der Waals surface area contributed by atoms with Gasteiger partial charge in [-0.2, -0.15) is 0 Å². The fraction of sp³-hybridized carbons (Fsp3) is 0.690. The van der Waals surface area contributed by atoms with Gasteiger partial charge in [-0.15, -0.1) is 0 Å². The first-order valence-electron chi connectivity index (χ1n) is 13.7. The van der Waals surface area contributed by atoms with Crippen molar-refractivity contribution in [2.75, 3.05) is 0 Å². The van der Waals surface area contributed by atoms with E-state index in [1.54, 1.807) is 37.8 Å². The predicted octanol–water partition coefficient (Wildman–Crippen LogP) is 5.45. The van der Waals surface area contributed by atoms with E-state index >= 15 is 0 Å². The highest BCUT2D eigenvalue weighted by atomic mass is 16.6. The molecule has 0 radical (unpaired) electrons. The normalized spacial score (nSPS) is 17.0. The Morgan fingerprint density at radius 3 is 2.16 bits per heavy atom. The molecule has 0 aliphatic heterocycles. The van der Waals surface area contributed by atoms with Gasteiger partial charge in [-0.05, 0) is 77.0 Å². The first-order valence-corrected chi connectivity index (χ1v) is 13.7. The fourth-order valence-electron chi connectivity index (χ4n) is 4.74. The molecule has 1 aliphatic rings. The van der Waals surface area contributed by atoms with Crippen molar-refractivity contribution in [2.45, 2.75) is 123 Å². The summed E-state index contributed by atoms with van der Waals surface area (Å²) in [5, 5.41) is 15.8. The van der Waals surface area contributed by atoms with Gasteiger partial charge in [0, 0.05) is 12.1 Å². The Hall–Kier alpha value is -2.77. The molecule has 0 heterocycles. The molecule has 0 spiro atoms. The van der Waals surface area contributed by atoms with Gasteiger partial charge in [-0.3, -0.25) is 9.59 Å². The maximum atomic E-state index is 14.2. The Bertz CT molecular complexity index is 888. The Morgan fingerprint density at radius 2 is 1.65 bits per heavy atom. The van der Waals surface area contributed by atoms with Crippen LogP contribution in [-0.4, -0.2) is 51.6 Å². The van der Waals surface area contributed by atoms with Gasteiger partial charge >= 0.3 is 6.09 Å². The summed E-state index contributed by atoms with van der Waals surface area (Å²) >= 11 is 0. The van der Waals surface area contributed by atoms with E-state index in [1.807, 2.05) is 27.7 Å². The SMILES string of the molecule is CCC(C)N(C(=O)C(CC(C)C)NC(=O)OC(C)(C)C)C(C(=O)NC1CCCCC1)c1ccc(O)cc1. The second kappa shape index (κ2) is 13.7. The lowest BCUT2D eigenvalue weighted by atomic mass is 9.94. The summed E-state index contributed by atoms with van der Waals surface area (Å²) in [4.78, 5) is 42.3. The molecule has 0 bridgehead atoms. The zero-order valence-corrected chi connectivity index (χ0v) is 23.7. The zero-order chi connectivity index (χ0) is 27.8. The van der Waals surface area contributed by atoms with E-state index in [2.05, 4.69) is 10.6 Å². The monoisotopic (exact) mass is 517 g/mol. The van der Waals surface area contributed by atoms with Crippen LogP contribution in [0, 0.1) is 5.92 Å². The minimum absolute atomic E-state index is 0.0705. The number of nitrogens with zero attached hydrogens (tertiary/aromatic N) is 1. The van der Waals surface area contributed by atoms with Crippen molar-refractivity contribution in [3.8, 4) is 5.75 Å². The number of ether oxygens (including phenoxy) is 1. The van der Waals surface area contributed by atoms with Gasteiger partial charge in [0.1, 0.15) is 23.4 Å². The molecule has 37 heavy (non-hydrogen) atoms. The molecule has 1 saturated carbocycles. The summed E-state index contributed by atoms with van der Waals surface area (Å²) in [7, 11) is 0. The Morgan fingerprint density at radius 1 is 1.05 bits per heavy atom. The molecule has 1 aromatic rings. The molecule has 8 heteroatoms.